The summed E-state index contributed by atoms with van der Waals surface area (Å²) >= 11 is 0. The van der Waals surface area contributed by atoms with Crippen LogP contribution in [0.1, 0.15) is 43.7 Å². The summed E-state index contributed by atoms with van der Waals surface area (Å²) in [6, 6.07) is 19.4. The largest absolute Gasteiger partial charge is 0.507 e. The van der Waals surface area contributed by atoms with Crippen LogP contribution in [0.3, 0.4) is 0 Å². The van der Waals surface area contributed by atoms with Crippen LogP contribution in [0.25, 0.3) is 0 Å². The zero-order chi connectivity index (χ0) is 32.5. The molecule has 0 bridgehead atoms. The summed E-state index contributed by atoms with van der Waals surface area (Å²) in [6.07, 6.45) is 3.30. The van der Waals surface area contributed by atoms with Crippen molar-refractivity contribution in [2.45, 2.75) is 39.0 Å². The summed E-state index contributed by atoms with van der Waals surface area (Å²) in [7, 11) is 2.95. The number of anilines is 2. The third kappa shape index (κ3) is 4.06. The quantitative estimate of drug-likeness (QED) is 0.290. The Hall–Kier alpha value is -4.92. The molecule has 9 heteroatoms. The summed E-state index contributed by atoms with van der Waals surface area (Å²) < 4.78 is 11.2. The Morgan fingerprint density at radius 1 is 0.848 bits per heavy atom. The van der Waals surface area contributed by atoms with E-state index in [0.717, 1.165) is 17.6 Å². The third-order valence-corrected chi connectivity index (χ3v) is 10.7. The maximum Gasteiger partial charge on any atom is 0.241 e. The highest BCUT2D eigenvalue weighted by Gasteiger charge is 2.68. The lowest BCUT2D eigenvalue weighted by Gasteiger charge is -2.49. The summed E-state index contributed by atoms with van der Waals surface area (Å²) in [5.41, 5.74) is 1.88. The molecule has 4 amide bonds. The first kappa shape index (κ1) is 29.8. The van der Waals surface area contributed by atoms with Gasteiger partial charge < -0.3 is 14.6 Å². The fourth-order valence-electron chi connectivity index (χ4n) is 8.45. The van der Waals surface area contributed by atoms with E-state index < -0.39 is 35.0 Å². The van der Waals surface area contributed by atoms with Gasteiger partial charge in [-0.1, -0.05) is 48.9 Å². The molecule has 236 valence electrons. The first-order valence-corrected chi connectivity index (χ1v) is 15.7. The molecule has 46 heavy (non-hydrogen) atoms. The van der Waals surface area contributed by atoms with E-state index in [1.807, 2.05) is 31.2 Å². The maximum atomic E-state index is 14.6. The smallest absolute Gasteiger partial charge is 0.241 e. The molecule has 1 N–H and O–H groups in total. The second kappa shape index (κ2) is 10.9. The molecule has 1 saturated carbocycles. The molecule has 3 aromatic carbocycles. The number of aryl methyl sites for hydroxylation is 1. The van der Waals surface area contributed by atoms with E-state index in [1.165, 1.54) is 30.1 Å². The number of carbonyl (C=O) groups is 4. The van der Waals surface area contributed by atoms with Gasteiger partial charge >= 0.3 is 0 Å². The van der Waals surface area contributed by atoms with Gasteiger partial charge in [0.05, 0.1) is 48.8 Å². The van der Waals surface area contributed by atoms with E-state index in [9.17, 15) is 24.3 Å². The van der Waals surface area contributed by atoms with Crippen molar-refractivity contribution in [2.24, 2.45) is 29.1 Å². The molecule has 9 nitrogen and oxygen atoms in total. The van der Waals surface area contributed by atoms with Gasteiger partial charge in [0.25, 0.3) is 0 Å². The minimum absolute atomic E-state index is 0.144. The van der Waals surface area contributed by atoms with Crippen LogP contribution in [-0.4, -0.2) is 43.0 Å². The first-order chi connectivity index (χ1) is 22.1. The number of fused-ring (bicyclic) bond motifs is 4. The first-order valence-electron chi connectivity index (χ1n) is 15.7. The van der Waals surface area contributed by atoms with Gasteiger partial charge in [0.1, 0.15) is 17.2 Å². The van der Waals surface area contributed by atoms with Crippen molar-refractivity contribution in [1.82, 2.24) is 0 Å². The van der Waals surface area contributed by atoms with E-state index in [0.29, 0.717) is 34.9 Å². The van der Waals surface area contributed by atoms with Crippen LogP contribution in [-0.2, 0) is 25.6 Å². The lowest BCUT2D eigenvalue weighted by Crippen LogP contribution is -2.49. The number of phenols is 1. The number of benzene rings is 3. The fourth-order valence-corrected chi connectivity index (χ4v) is 8.45. The normalized spacial score (nSPS) is 28.5. The molecular weight excluding hydrogens is 584 g/mol. The molecule has 3 aromatic rings. The molecule has 3 fully saturated rings. The lowest BCUT2D eigenvalue weighted by atomic mass is 9.51. The molecule has 4 aliphatic rings. The molecule has 2 heterocycles. The van der Waals surface area contributed by atoms with Gasteiger partial charge in [-0.2, -0.15) is 0 Å². The van der Waals surface area contributed by atoms with Crippen molar-refractivity contribution in [3.8, 4) is 17.2 Å². The number of aromatic hydroxyl groups is 1. The highest BCUT2D eigenvalue weighted by atomic mass is 16.5. The van der Waals surface area contributed by atoms with Crippen molar-refractivity contribution < 1.29 is 33.8 Å². The van der Waals surface area contributed by atoms with Gasteiger partial charge in [-0.25, -0.2) is 4.90 Å². The Bertz CT molecular complexity index is 1800. The van der Waals surface area contributed by atoms with Crippen molar-refractivity contribution in [3.63, 3.8) is 0 Å². The summed E-state index contributed by atoms with van der Waals surface area (Å²) in [5, 5.41) is 11.5. The van der Waals surface area contributed by atoms with Gasteiger partial charge in [0, 0.05) is 23.6 Å². The number of nitrogens with zero attached hydrogens (tertiary/aromatic N) is 2. The standard InChI is InChI=1S/C37H36N2O7/c1-5-20-11-13-22(14-12-20)38-33(41)25-16-15-24-26(30(25)35(38)43)19-27-34(42)39(21-9-7-6-8-10-21)36(44)37(27,2)32(24)31-28(40)17-23(45-3)18-29(31)46-4/h6-15,17-18,25-27,30,32,40H,5,16,19H2,1-4H3/t25-,26+,27-,30-,32+,37+/m0/s1. The number of methoxy groups -OCH3 is 2. The number of para-hydroxylation sites is 1. The van der Waals surface area contributed by atoms with E-state index in [2.05, 4.69) is 0 Å². The molecule has 2 saturated heterocycles. The van der Waals surface area contributed by atoms with Crippen molar-refractivity contribution >= 4 is 35.0 Å². The van der Waals surface area contributed by atoms with Crippen molar-refractivity contribution in [1.29, 1.82) is 0 Å². The van der Waals surface area contributed by atoms with E-state index in [1.54, 1.807) is 49.4 Å². The second-order valence-electron chi connectivity index (χ2n) is 12.8. The topological polar surface area (TPSA) is 113 Å². The molecule has 7 rings (SSSR count). The number of hydrogen-bond donors (Lipinski definition) is 1. The molecule has 2 aliphatic heterocycles. The molecule has 0 unspecified atom stereocenters. The van der Waals surface area contributed by atoms with Crippen LogP contribution in [0.4, 0.5) is 11.4 Å². The number of hydrogen-bond acceptors (Lipinski definition) is 7. The second-order valence-corrected chi connectivity index (χ2v) is 12.8. The Kier molecular flexibility index (Phi) is 7.03. The number of ether oxygens (including phenoxy) is 2. The predicted octanol–water partition coefficient (Wildman–Crippen LogP) is 5.41. The minimum atomic E-state index is -1.32. The number of carbonyl (C=O) groups excluding carboxylic acids is 4. The summed E-state index contributed by atoms with van der Waals surface area (Å²) in [5.74, 6) is -4.25. The Labute approximate surface area is 267 Å². The van der Waals surface area contributed by atoms with Crippen LogP contribution in [0.15, 0.2) is 78.4 Å². The van der Waals surface area contributed by atoms with Crippen LogP contribution in [0, 0.1) is 29.1 Å². The highest BCUT2D eigenvalue weighted by molar-refractivity contribution is 6.25. The van der Waals surface area contributed by atoms with Crippen LogP contribution < -0.4 is 19.3 Å². The molecule has 0 spiro atoms. The SMILES string of the molecule is CCc1ccc(N2C(=O)[C@H]3[C@H](CC=C4[C@H]3C[C@H]3C(=O)N(c5ccccc5)C(=O)[C@@]3(C)[C@H]4c3c(O)cc(OC)cc3OC)C2=O)cc1. The van der Waals surface area contributed by atoms with Gasteiger partial charge in [0.15, 0.2) is 0 Å². The number of allylic oxidation sites excluding steroid dienone is 2. The van der Waals surface area contributed by atoms with Gasteiger partial charge in [-0.3, -0.25) is 24.1 Å². The fraction of sp³-hybridized carbons (Fsp3) is 0.351. The molecular formula is C37H36N2O7. The Balaban J connectivity index is 1.39. The summed E-state index contributed by atoms with van der Waals surface area (Å²) in [4.78, 5) is 59.6. The molecule has 6 atom stereocenters. The monoisotopic (exact) mass is 620 g/mol. The van der Waals surface area contributed by atoms with Gasteiger partial charge in [0.2, 0.25) is 23.6 Å². The maximum absolute atomic E-state index is 14.6. The molecule has 2 aliphatic carbocycles. The van der Waals surface area contributed by atoms with Crippen LogP contribution in [0.5, 0.6) is 17.2 Å². The van der Waals surface area contributed by atoms with Crippen LogP contribution >= 0.6 is 0 Å². The minimum Gasteiger partial charge on any atom is -0.507 e. The Morgan fingerprint density at radius 3 is 2.20 bits per heavy atom. The summed E-state index contributed by atoms with van der Waals surface area (Å²) in [6.45, 7) is 3.82. The number of imide groups is 2. The predicted molar refractivity (Wildman–Crippen MR) is 171 cm³/mol. The van der Waals surface area contributed by atoms with E-state index in [4.69, 9.17) is 9.47 Å². The average Bonchev–Trinajstić information content (AvgIpc) is 3.44. The Morgan fingerprint density at radius 2 is 1.54 bits per heavy atom. The zero-order valence-electron chi connectivity index (χ0n) is 26.2. The van der Waals surface area contributed by atoms with Crippen molar-refractivity contribution in [2.75, 3.05) is 24.0 Å². The third-order valence-electron chi connectivity index (χ3n) is 10.7. The van der Waals surface area contributed by atoms with Gasteiger partial charge in [-0.05, 0) is 61.9 Å². The van der Waals surface area contributed by atoms with E-state index in [-0.39, 0.29) is 35.8 Å². The molecule has 0 aromatic heterocycles. The molecule has 0 radical (unpaired) electrons. The lowest BCUT2D eigenvalue weighted by molar-refractivity contribution is -0.131. The van der Waals surface area contributed by atoms with Crippen LogP contribution in [0.2, 0.25) is 0 Å². The number of amides is 4. The zero-order valence-corrected chi connectivity index (χ0v) is 26.2. The number of phenolic OH excluding ortho intramolecular Hbond substituents is 1. The average molecular weight is 621 g/mol. The van der Waals surface area contributed by atoms with Crippen molar-refractivity contribution in [3.05, 3.63) is 89.5 Å². The highest BCUT2D eigenvalue weighted by Crippen LogP contribution is 2.65. The van der Waals surface area contributed by atoms with Gasteiger partial charge in [-0.15, -0.1) is 0 Å². The van der Waals surface area contributed by atoms with E-state index >= 15 is 0 Å². The number of rotatable bonds is 6.